The van der Waals surface area contributed by atoms with Crippen LogP contribution in [0.4, 0.5) is 4.39 Å². The predicted molar refractivity (Wildman–Crippen MR) is 169 cm³/mol. The summed E-state index contributed by atoms with van der Waals surface area (Å²) >= 11 is 0. The highest BCUT2D eigenvalue weighted by Crippen LogP contribution is 2.25. The summed E-state index contributed by atoms with van der Waals surface area (Å²) in [4.78, 5) is 9.99. The minimum atomic E-state index is -0.465. The smallest absolute Gasteiger partial charge is 0.152 e. The van der Waals surface area contributed by atoms with Gasteiger partial charge in [0.05, 0.1) is 5.56 Å². The first-order valence-corrected chi connectivity index (χ1v) is 13.7. The second-order valence-corrected chi connectivity index (χ2v) is 9.42. The Balaban J connectivity index is 0.000000150. The van der Waals surface area contributed by atoms with Crippen molar-refractivity contribution in [2.24, 2.45) is 0 Å². The first-order chi connectivity index (χ1) is 20.2. The Morgan fingerprint density at radius 2 is 0.780 bits per heavy atom. The van der Waals surface area contributed by atoms with Crippen molar-refractivity contribution in [1.29, 1.82) is 0 Å². The summed E-state index contributed by atoms with van der Waals surface area (Å²) in [5.41, 5.74) is 7.98. The van der Waals surface area contributed by atoms with Crippen LogP contribution in [-0.4, -0.2) is 6.29 Å². The van der Waals surface area contributed by atoms with E-state index < -0.39 is 5.82 Å². The van der Waals surface area contributed by atoms with Crippen LogP contribution in [0.3, 0.4) is 0 Å². The number of rotatable bonds is 6. The molecule has 0 fully saturated rings. The van der Waals surface area contributed by atoms with E-state index in [2.05, 4.69) is 133 Å². The van der Waals surface area contributed by atoms with Crippen molar-refractivity contribution < 1.29 is 9.18 Å². The lowest BCUT2D eigenvalue weighted by molar-refractivity contribution is 0.112. The molecule has 0 atom stereocenters. The molecule has 6 aromatic carbocycles. The Kier molecular flexibility index (Phi) is 11.4. The molecule has 0 aliphatic carbocycles. The molecule has 0 aromatic heterocycles. The van der Waals surface area contributed by atoms with Crippen molar-refractivity contribution in [2.75, 3.05) is 0 Å². The zero-order valence-corrected chi connectivity index (χ0v) is 22.9. The zero-order valence-electron chi connectivity index (χ0n) is 22.9. The van der Waals surface area contributed by atoms with Crippen LogP contribution in [0.5, 0.6) is 0 Å². The van der Waals surface area contributed by atoms with Gasteiger partial charge in [-0.25, -0.2) is 4.39 Å². The number of benzene rings is 6. The van der Waals surface area contributed by atoms with Gasteiger partial charge in [0.1, 0.15) is 5.82 Å². The van der Waals surface area contributed by atoms with Gasteiger partial charge in [0.25, 0.3) is 0 Å². The van der Waals surface area contributed by atoms with Crippen molar-refractivity contribution >= 4 is 6.29 Å². The Morgan fingerprint density at radius 3 is 1.17 bits per heavy atom. The minimum Gasteiger partial charge on any atom is -0.298 e. The Hall–Kier alpha value is -5.08. The summed E-state index contributed by atoms with van der Waals surface area (Å²) in [6, 6.07) is 56.7. The third-order valence-corrected chi connectivity index (χ3v) is 6.50. The average Bonchev–Trinajstić information content (AvgIpc) is 3.06. The van der Waals surface area contributed by atoms with E-state index in [9.17, 15) is 9.18 Å². The van der Waals surface area contributed by atoms with Crippen LogP contribution in [0.1, 0.15) is 21.5 Å². The molecule has 0 radical (unpaired) electrons. The molecule has 0 aliphatic rings. The van der Waals surface area contributed by atoms with E-state index in [1.165, 1.54) is 45.5 Å². The number of halogens is 1. The predicted octanol–water partition coefficient (Wildman–Crippen LogP) is 10.1. The maximum Gasteiger partial charge on any atom is 0.152 e. The lowest BCUT2D eigenvalue weighted by Gasteiger charge is -2.05. The normalized spacial score (nSPS) is 9.88. The average molecular weight is 537 g/mol. The summed E-state index contributed by atoms with van der Waals surface area (Å²) in [5.74, 6) is -0.465. The molecule has 0 aliphatic heterocycles. The van der Waals surface area contributed by atoms with Crippen molar-refractivity contribution in [2.45, 2.75) is 12.8 Å². The molecule has 0 saturated heterocycles. The van der Waals surface area contributed by atoms with Gasteiger partial charge in [0, 0.05) is 0 Å². The molecule has 0 heterocycles. The highest BCUT2D eigenvalue weighted by molar-refractivity contribution is 5.75. The molecule has 0 amide bonds. The lowest BCUT2D eigenvalue weighted by Crippen LogP contribution is -1.89. The highest BCUT2D eigenvalue weighted by Gasteiger charge is 2.00. The summed E-state index contributed by atoms with van der Waals surface area (Å²) in [7, 11) is 0. The molecule has 202 valence electrons. The minimum absolute atomic E-state index is 0.109. The van der Waals surface area contributed by atoms with Gasteiger partial charge in [-0.05, 0) is 64.4 Å². The number of hydrogen-bond donors (Lipinski definition) is 0. The topological polar surface area (TPSA) is 17.1 Å². The quantitative estimate of drug-likeness (QED) is 0.194. The first kappa shape index (κ1) is 28.9. The van der Waals surface area contributed by atoms with Gasteiger partial charge in [0.2, 0.25) is 0 Å². The molecule has 0 N–H and O–H groups in total. The number of hydrogen-bond acceptors (Lipinski definition) is 1. The van der Waals surface area contributed by atoms with E-state index in [-0.39, 0.29) is 5.56 Å². The van der Waals surface area contributed by atoms with Gasteiger partial charge in [0.15, 0.2) is 6.29 Å². The van der Waals surface area contributed by atoms with Gasteiger partial charge in [-0.3, -0.25) is 4.79 Å². The van der Waals surface area contributed by atoms with Crippen LogP contribution in [0.2, 0.25) is 0 Å². The fourth-order valence-corrected chi connectivity index (χ4v) is 4.29. The fourth-order valence-electron chi connectivity index (χ4n) is 4.29. The van der Waals surface area contributed by atoms with Crippen LogP contribution >= 0.6 is 0 Å². The van der Waals surface area contributed by atoms with Crippen LogP contribution in [0.25, 0.3) is 22.3 Å². The fraction of sp³-hybridized carbons (Fsp3) is 0.0513. The first-order valence-electron chi connectivity index (χ1n) is 13.7. The Labute approximate surface area is 242 Å². The Morgan fingerprint density at radius 1 is 0.415 bits per heavy atom. The summed E-state index contributed by atoms with van der Waals surface area (Å²) in [6.45, 7) is 0. The van der Waals surface area contributed by atoms with E-state index in [1.54, 1.807) is 12.1 Å². The van der Waals surface area contributed by atoms with Crippen LogP contribution in [0.15, 0.2) is 170 Å². The molecule has 0 unspecified atom stereocenters. The summed E-state index contributed by atoms with van der Waals surface area (Å²) in [6.07, 6.45) is 2.76. The van der Waals surface area contributed by atoms with E-state index in [1.807, 2.05) is 12.1 Å². The molecular formula is C39H33FO. The number of aryl methyl sites for hydroxylation is 2. The molecule has 1 nitrogen and oxygen atoms in total. The second-order valence-electron chi connectivity index (χ2n) is 9.42. The number of carbonyl (C=O) groups excluding carboxylic acids is 1. The van der Waals surface area contributed by atoms with E-state index >= 15 is 0 Å². The van der Waals surface area contributed by atoms with E-state index in [0.717, 1.165) is 12.8 Å². The van der Waals surface area contributed by atoms with E-state index in [4.69, 9.17) is 0 Å². The number of carbonyl (C=O) groups is 1. The highest BCUT2D eigenvalue weighted by atomic mass is 19.1. The summed E-state index contributed by atoms with van der Waals surface area (Å²) in [5, 5.41) is 0. The molecule has 41 heavy (non-hydrogen) atoms. The molecule has 2 heteroatoms. The Bertz CT molecular complexity index is 1490. The van der Waals surface area contributed by atoms with Crippen LogP contribution in [0, 0.1) is 5.82 Å². The summed E-state index contributed by atoms with van der Waals surface area (Å²) < 4.78 is 12.4. The molecule has 0 spiro atoms. The maximum absolute atomic E-state index is 12.4. The van der Waals surface area contributed by atoms with Crippen molar-refractivity contribution in [3.8, 4) is 22.3 Å². The largest absolute Gasteiger partial charge is 0.298 e. The molecule has 0 saturated carbocycles. The van der Waals surface area contributed by atoms with Crippen molar-refractivity contribution in [3.63, 3.8) is 0 Å². The molecule has 6 rings (SSSR count). The number of aldehydes is 1. The van der Waals surface area contributed by atoms with Gasteiger partial charge in [-0.15, -0.1) is 0 Å². The third-order valence-electron chi connectivity index (χ3n) is 6.50. The third kappa shape index (κ3) is 9.56. The standard InChI is InChI=1S/C18H14.C14H14.C7H5FO/c1-3-8-15(9-4-1)17-12-7-13-18(14-17)16-10-5-2-6-11-16;1-3-7-13(8-4-1)11-12-14-9-5-2-6-10-14;8-7-4-2-1-3-6(7)5-9/h1-14H;1-10H,11-12H2;1-5H. The molecule has 6 aromatic rings. The molecule has 0 bridgehead atoms. The van der Waals surface area contributed by atoms with Crippen molar-refractivity contribution in [1.82, 2.24) is 0 Å². The second kappa shape index (κ2) is 16.1. The van der Waals surface area contributed by atoms with Crippen LogP contribution in [-0.2, 0) is 12.8 Å². The lowest BCUT2D eigenvalue weighted by atomic mass is 9.99. The maximum atomic E-state index is 12.4. The van der Waals surface area contributed by atoms with Crippen LogP contribution < -0.4 is 0 Å². The van der Waals surface area contributed by atoms with Gasteiger partial charge < -0.3 is 0 Å². The van der Waals surface area contributed by atoms with Gasteiger partial charge >= 0.3 is 0 Å². The van der Waals surface area contributed by atoms with Gasteiger partial charge in [-0.2, -0.15) is 0 Å². The van der Waals surface area contributed by atoms with Crippen molar-refractivity contribution in [3.05, 3.63) is 192 Å². The monoisotopic (exact) mass is 536 g/mol. The molecular weight excluding hydrogens is 503 g/mol. The van der Waals surface area contributed by atoms with Gasteiger partial charge in [-0.1, -0.05) is 152 Å². The zero-order chi connectivity index (χ0) is 28.5. The van der Waals surface area contributed by atoms with E-state index in [0.29, 0.717) is 6.29 Å². The SMILES string of the molecule is O=Cc1ccccc1F.c1ccc(-c2cccc(-c3ccccc3)c2)cc1.c1ccc(CCc2ccccc2)cc1.